The lowest BCUT2D eigenvalue weighted by molar-refractivity contribution is -0.327. The highest BCUT2D eigenvalue weighted by molar-refractivity contribution is 4.70. The minimum absolute atomic E-state index is 0.157. The van der Waals surface area contributed by atoms with E-state index in [-0.39, 0.29) is 5.88 Å². The van der Waals surface area contributed by atoms with Crippen LogP contribution >= 0.6 is 0 Å². The number of hydrogen-bond donors (Lipinski definition) is 0. The van der Waals surface area contributed by atoms with E-state index >= 15 is 0 Å². The Balaban J connectivity index is 3.26. The second-order valence-electron chi connectivity index (χ2n) is 1.29. The SMILES string of the molecule is C=C([O-])N(C)C. The van der Waals surface area contributed by atoms with E-state index < -0.39 is 0 Å². The van der Waals surface area contributed by atoms with Crippen molar-refractivity contribution in [3.63, 3.8) is 0 Å². The van der Waals surface area contributed by atoms with Gasteiger partial charge in [-0.05, 0) is 0 Å². The summed E-state index contributed by atoms with van der Waals surface area (Å²) in [7, 11) is 3.32. The average Bonchev–Trinajstić information content (AvgIpc) is 1.36. The first-order chi connectivity index (χ1) is 2.64. The Labute approximate surface area is 37.7 Å². The van der Waals surface area contributed by atoms with E-state index in [0.717, 1.165) is 0 Å². The molecule has 0 saturated carbocycles. The molecule has 0 aliphatic heterocycles. The molecule has 0 aromatic carbocycles. The fourth-order valence-electron chi connectivity index (χ4n) is 0. The highest BCUT2D eigenvalue weighted by Crippen LogP contribution is 1.76. The molecule has 6 heavy (non-hydrogen) atoms. The number of nitrogens with zero attached hydrogens (tertiary/aromatic N) is 1. The first kappa shape index (κ1) is 5.34. The molecule has 0 aliphatic rings. The molecule has 0 spiro atoms. The Bertz CT molecular complexity index is 58.6. The molecule has 0 unspecified atom stereocenters. The molecule has 0 aromatic rings. The van der Waals surface area contributed by atoms with Crippen LogP contribution in [0, 0.1) is 0 Å². The summed E-state index contributed by atoms with van der Waals surface area (Å²) in [5, 5.41) is 9.96. The van der Waals surface area contributed by atoms with Gasteiger partial charge in [0.05, 0.1) is 0 Å². The van der Waals surface area contributed by atoms with Gasteiger partial charge in [0.15, 0.2) is 0 Å². The maximum atomic E-state index is 9.96. The monoisotopic (exact) mass is 86.1 g/mol. The van der Waals surface area contributed by atoms with Crippen LogP contribution in [0.5, 0.6) is 0 Å². The maximum Gasteiger partial charge on any atom is 0.00496 e. The van der Waals surface area contributed by atoms with Crippen molar-refractivity contribution < 1.29 is 5.11 Å². The van der Waals surface area contributed by atoms with Crippen molar-refractivity contribution in [1.82, 2.24) is 4.90 Å². The maximum absolute atomic E-state index is 9.96. The summed E-state index contributed by atoms with van der Waals surface area (Å²) in [5.74, 6) is -0.157. The first-order valence-corrected chi connectivity index (χ1v) is 1.68. The van der Waals surface area contributed by atoms with Crippen LogP contribution in [0.2, 0.25) is 0 Å². The van der Waals surface area contributed by atoms with Crippen molar-refractivity contribution in [2.75, 3.05) is 14.1 Å². The molecule has 2 nitrogen and oxygen atoms in total. The van der Waals surface area contributed by atoms with Gasteiger partial charge in [0.25, 0.3) is 0 Å². The molecule has 0 aromatic heterocycles. The highest BCUT2D eigenvalue weighted by Gasteiger charge is 1.71. The molecule has 0 atom stereocenters. The van der Waals surface area contributed by atoms with Crippen molar-refractivity contribution >= 4 is 0 Å². The Morgan fingerprint density at radius 3 is 1.83 bits per heavy atom. The fraction of sp³-hybridized carbons (Fsp3) is 0.500. The van der Waals surface area contributed by atoms with Crippen LogP contribution in [-0.2, 0) is 0 Å². The summed E-state index contributed by atoms with van der Waals surface area (Å²) in [6.45, 7) is 3.12. The smallest absolute Gasteiger partial charge is 0.00496 e. The predicted octanol–water partition coefficient (Wildman–Crippen LogP) is -0.621. The Hall–Kier alpha value is -0.660. The van der Waals surface area contributed by atoms with Crippen molar-refractivity contribution in [2.45, 2.75) is 0 Å². The number of hydrogen-bond acceptors (Lipinski definition) is 2. The van der Waals surface area contributed by atoms with Gasteiger partial charge in [-0.2, -0.15) is 0 Å². The topological polar surface area (TPSA) is 26.3 Å². The van der Waals surface area contributed by atoms with E-state index in [4.69, 9.17) is 0 Å². The van der Waals surface area contributed by atoms with Crippen LogP contribution in [0.1, 0.15) is 0 Å². The predicted molar refractivity (Wildman–Crippen MR) is 22.8 cm³/mol. The third-order valence-corrected chi connectivity index (χ3v) is 0.499. The summed E-state index contributed by atoms with van der Waals surface area (Å²) >= 11 is 0. The molecular weight excluding hydrogens is 78.0 g/mol. The minimum atomic E-state index is -0.157. The molecule has 0 fully saturated rings. The lowest BCUT2D eigenvalue weighted by atomic mass is 10.8. The summed E-state index contributed by atoms with van der Waals surface area (Å²) in [4.78, 5) is 1.42. The van der Waals surface area contributed by atoms with Gasteiger partial charge >= 0.3 is 0 Å². The van der Waals surface area contributed by atoms with Gasteiger partial charge in [0.1, 0.15) is 0 Å². The summed E-state index contributed by atoms with van der Waals surface area (Å²) < 4.78 is 0. The van der Waals surface area contributed by atoms with E-state index in [1.165, 1.54) is 4.90 Å². The molecule has 0 heterocycles. The second kappa shape index (κ2) is 1.70. The lowest BCUT2D eigenvalue weighted by Crippen LogP contribution is -2.19. The van der Waals surface area contributed by atoms with E-state index in [1.54, 1.807) is 14.1 Å². The third-order valence-electron chi connectivity index (χ3n) is 0.499. The summed E-state index contributed by atoms with van der Waals surface area (Å²) in [6.07, 6.45) is 0. The van der Waals surface area contributed by atoms with Crippen LogP contribution in [0.25, 0.3) is 0 Å². The quantitative estimate of drug-likeness (QED) is 0.397. The van der Waals surface area contributed by atoms with Gasteiger partial charge < -0.3 is 10.0 Å². The molecular formula is C4H8NO-. The Morgan fingerprint density at radius 2 is 1.83 bits per heavy atom. The van der Waals surface area contributed by atoms with Crippen molar-refractivity contribution in [2.24, 2.45) is 0 Å². The third kappa shape index (κ3) is 1.64. The van der Waals surface area contributed by atoms with E-state index in [2.05, 4.69) is 6.58 Å². The van der Waals surface area contributed by atoms with Gasteiger partial charge in [-0.15, -0.1) is 0 Å². The molecule has 2 heteroatoms. The van der Waals surface area contributed by atoms with Gasteiger partial charge in [-0.3, -0.25) is 0 Å². The highest BCUT2D eigenvalue weighted by atomic mass is 16.3. The minimum Gasteiger partial charge on any atom is -0.861 e. The van der Waals surface area contributed by atoms with Crippen LogP contribution in [0.4, 0.5) is 0 Å². The zero-order valence-electron chi connectivity index (χ0n) is 4.06. The molecule has 0 radical (unpaired) electrons. The van der Waals surface area contributed by atoms with E-state index in [1.807, 2.05) is 0 Å². The zero-order chi connectivity index (χ0) is 5.15. The standard InChI is InChI=1S/C4H9NO/c1-4(6)5(2)3/h6H,1H2,2-3H3/p-1. The summed E-state index contributed by atoms with van der Waals surface area (Å²) in [5.41, 5.74) is 0. The van der Waals surface area contributed by atoms with Crippen LogP contribution < -0.4 is 5.11 Å². The molecule has 0 bridgehead atoms. The Morgan fingerprint density at radius 1 is 1.67 bits per heavy atom. The molecule has 0 amide bonds. The van der Waals surface area contributed by atoms with Crippen molar-refractivity contribution in [3.8, 4) is 0 Å². The average molecular weight is 86.1 g/mol. The normalized spacial score (nSPS) is 7.67. The largest absolute Gasteiger partial charge is 0.861 e. The summed E-state index contributed by atoms with van der Waals surface area (Å²) in [6, 6.07) is 0. The molecule has 36 valence electrons. The fourth-order valence-corrected chi connectivity index (χ4v) is 0. The van der Waals surface area contributed by atoms with Crippen molar-refractivity contribution in [1.29, 1.82) is 0 Å². The van der Waals surface area contributed by atoms with Gasteiger partial charge in [-0.1, -0.05) is 12.5 Å². The van der Waals surface area contributed by atoms with Crippen LogP contribution in [0.3, 0.4) is 0 Å². The van der Waals surface area contributed by atoms with Gasteiger partial charge in [0.2, 0.25) is 0 Å². The zero-order valence-corrected chi connectivity index (χ0v) is 4.06. The van der Waals surface area contributed by atoms with Gasteiger partial charge in [-0.25, -0.2) is 0 Å². The number of rotatable bonds is 1. The molecule has 0 N–H and O–H groups in total. The Kier molecular flexibility index (Phi) is 1.51. The van der Waals surface area contributed by atoms with Crippen molar-refractivity contribution in [3.05, 3.63) is 12.5 Å². The second-order valence-corrected chi connectivity index (χ2v) is 1.29. The van der Waals surface area contributed by atoms with Gasteiger partial charge in [0, 0.05) is 14.1 Å². The van der Waals surface area contributed by atoms with Crippen LogP contribution in [-0.4, -0.2) is 19.0 Å². The first-order valence-electron chi connectivity index (χ1n) is 1.68. The molecule has 0 saturated heterocycles. The lowest BCUT2D eigenvalue weighted by Gasteiger charge is -2.18. The molecule has 0 rings (SSSR count). The molecule has 0 aliphatic carbocycles. The van der Waals surface area contributed by atoms with Crippen LogP contribution in [0.15, 0.2) is 12.5 Å². The van der Waals surface area contributed by atoms with E-state index in [9.17, 15) is 5.11 Å². The van der Waals surface area contributed by atoms with E-state index in [0.29, 0.717) is 0 Å².